The van der Waals surface area contributed by atoms with E-state index >= 15 is 0 Å². The third-order valence-corrected chi connectivity index (χ3v) is 4.67. The molecule has 31 heavy (non-hydrogen) atoms. The largest absolute Gasteiger partial charge is 0.298 e. The summed E-state index contributed by atoms with van der Waals surface area (Å²) in [6, 6.07) is 24.9. The summed E-state index contributed by atoms with van der Waals surface area (Å²) in [7, 11) is 0. The van der Waals surface area contributed by atoms with Crippen molar-refractivity contribution >= 4 is 17.3 Å². The van der Waals surface area contributed by atoms with Gasteiger partial charge in [0.05, 0.1) is 27.7 Å². The zero-order valence-corrected chi connectivity index (χ0v) is 16.6. The van der Waals surface area contributed by atoms with Crippen molar-refractivity contribution in [3.8, 4) is 16.9 Å². The van der Waals surface area contributed by atoms with Crippen LogP contribution in [0.25, 0.3) is 16.9 Å². The highest BCUT2D eigenvalue weighted by atomic mass is 16.6. The maximum Gasteiger partial charge on any atom is 0.269 e. The first kappa shape index (κ1) is 19.8. The predicted molar refractivity (Wildman–Crippen MR) is 118 cm³/mol. The fourth-order valence-electron chi connectivity index (χ4n) is 3.13. The Kier molecular flexibility index (Phi) is 5.44. The van der Waals surface area contributed by atoms with Crippen LogP contribution in [0.5, 0.6) is 0 Å². The molecular formula is C23H19N5O3. The molecule has 0 spiro atoms. The molecule has 8 nitrogen and oxygen atoms in total. The SMILES string of the molecule is Cc1cc(-c2ccccc2)n(-c2ccc(C(=O)NNc3ccc([N+](=O)[O-])cc3)cc2)n1. The molecule has 3 aromatic carbocycles. The minimum atomic E-state index is -0.478. The number of carbonyl (C=O) groups is 1. The second-order valence-corrected chi connectivity index (χ2v) is 6.88. The van der Waals surface area contributed by atoms with Gasteiger partial charge in [0.15, 0.2) is 0 Å². The number of nitrogens with zero attached hydrogens (tertiary/aromatic N) is 3. The van der Waals surface area contributed by atoms with E-state index in [9.17, 15) is 14.9 Å². The van der Waals surface area contributed by atoms with E-state index in [0.717, 1.165) is 22.6 Å². The van der Waals surface area contributed by atoms with Crippen LogP contribution in [0.2, 0.25) is 0 Å². The first-order valence-electron chi connectivity index (χ1n) is 9.54. The number of hydrogen-bond acceptors (Lipinski definition) is 5. The van der Waals surface area contributed by atoms with Crippen molar-refractivity contribution in [2.75, 3.05) is 5.43 Å². The summed E-state index contributed by atoms with van der Waals surface area (Å²) in [6.07, 6.45) is 0. The lowest BCUT2D eigenvalue weighted by atomic mass is 10.1. The number of nitrogens with one attached hydrogen (secondary N) is 2. The topological polar surface area (TPSA) is 102 Å². The molecule has 0 aliphatic carbocycles. The summed E-state index contributed by atoms with van der Waals surface area (Å²) in [5.74, 6) is -0.329. The highest BCUT2D eigenvalue weighted by Crippen LogP contribution is 2.24. The number of anilines is 1. The molecule has 1 aromatic heterocycles. The van der Waals surface area contributed by atoms with Gasteiger partial charge in [-0.1, -0.05) is 30.3 Å². The van der Waals surface area contributed by atoms with Crippen LogP contribution in [0.3, 0.4) is 0 Å². The number of nitro benzene ring substituents is 1. The van der Waals surface area contributed by atoms with Gasteiger partial charge < -0.3 is 0 Å². The Labute approximate surface area is 178 Å². The zero-order valence-electron chi connectivity index (χ0n) is 16.6. The summed E-state index contributed by atoms with van der Waals surface area (Å²) in [4.78, 5) is 22.7. The number of non-ortho nitro benzene ring substituents is 1. The second-order valence-electron chi connectivity index (χ2n) is 6.88. The number of carbonyl (C=O) groups excluding carboxylic acids is 1. The highest BCUT2D eigenvalue weighted by molar-refractivity contribution is 5.95. The quantitative estimate of drug-likeness (QED) is 0.358. The molecule has 154 valence electrons. The van der Waals surface area contributed by atoms with Crippen molar-refractivity contribution in [3.63, 3.8) is 0 Å². The van der Waals surface area contributed by atoms with Crippen LogP contribution in [0.4, 0.5) is 11.4 Å². The van der Waals surface area contributed by atoms with Gasteiger partial charge in [0.1, 0.15) is 0 Å². The van der Waals surface area contributed by atoms with Crippen molar-refractivity contribution in [2.45, 2.75) is 6.92 Å². The Balaban J connectivity index is 1.47. The van der Waals surface area contributed by atoms with Gasteiger partial charge in [0.2, 0.25) is 0 Å². The van der Waals surface area contributed by atoms with Crippen molar-refractivity contribution in [1.29, 1.82) is 0 Å². The third-order valence-electron chi connectivity index (χ3n) is 4.67. The lowest BCUT2D eigenvalue weighted by Gasteiger charge is -2.10. The molecule has 0 aliphatic rings. The van der Waals surface area contributed by atoms with Crippen LogP contribution in [0, 0.1) is 17.0 Å². The molecule has 0 aliphatic heterocycles. The predicted octanol–water partition coefficient (Wildman–Crippen LogP) is 4.51. The molecule has 0 unspecified atom stereocenters. The molecule has 0 atom stereocenters. The van der Waals surface area contributed by atoms with E-state index in [0.29, 0.717) is 11.3 Å². The van der Waals surface area contributed by atoms with Crippen LogP contribution < -0.4 is 10.9 Å². The summed E-state index contributed by atoms with van der Waals surface area (Å²) in [6.45, 7) is 1.94. The van der Waals surface area contributed by atoms with Crippen molar-refractivity contribution in [2.24, 2.45) is 0 Å². The van der Waals surface area contributed by atoms with Crippen molar-refractivity contribution in [1.82, 2.24) is 15.2 Å². The standard InChI is InChI=1S/C23H19N5O3/c1-16-15-22(17-5-3-2-4-6-17)27(26-16)20-11-7-18(8-12-20)23(29)25-24-19-9-13-21(14-10-19)28(30)31/h2-15,24H,1H3,(H,25,29). The number of nitro groups is 1. The average Bonchev–Trinajstić information content (AvgIpc) is 3.20. The van der Waals surface area contributed by atoms with Gasteiger partial charge in [-0.15, -0.1) is 0 Å². The van der Waals surface area contributed by atoms with Crippen LogP contribution in [0.1, 0.15) is 16.1 Å². The van der Waals surface area contributed by atoms with E-state index in [1.807, 2.05) is 60.1 Å². The Morgan fingerprint density at radius 2 is 1.65 bits per heavy atom. The van der Waals surface area contributed by atoms with Crippen LogP contribution in [-0.2, 0) is 0 Å². The molecule has 1 amide bonds. The molecule has 8 heteroatoms. The lowest BCUT2D eigenvalue weighted by Crippen LogP contribution is -2.29. The molecule has 0 bridgehead atoms. The normalized spacial score (nSPS) is 10.5. The number of benzene rings is 3. The summed E-state index contributed by atoms with van der Waals surface area (Å²) in [5, 5.41) is 15.3. The highest BCUT2D eigenvalue weighted by Gasteiger charge is 2.11. The minimum Gasteiger partial charge on any atom is -0.298 e. The van der Waals surface area contributed by atoms with E-state index in [-0.39, 0.29) is 11.6 Å². The maximum atomic E-state index is 12.4. The third kappa shape index (κ3) is 4.43. The van der Waals surface area contributed by atoms with Crippen molar-refractivity contribution in [3.05, 3.63) is 106 Å². The van der Waals surface area contributed by atoms with Gasteiger partial charge in [-0.05, 0) is 49.4 Å². The number of aryl methyl sites for hydroxylation is 1. The zero-order chi connectivity index (χ0) is 21.8. The van der Waals surface area contributed by atoms with Gasteiger partial charge in [-0.2, -0.15) is 5.10 Å². The molecule has 2 N–H and O–H groups in total. The first-order chi connectivity index (χ1) is 15.0. The number of hydrazine groups is 1. The number of aromatic nitrogens is 2. The smallest absolute Gasteiger partial charge is 0.269 e. The Morgan fingerprint density at radius 3 is 2.29 bits per heavy atom. The van der Waals surface area contributed by atoms with E-state index in [4.69, 9.17) is 0 Å². The second kappa shape index (κ2) is 8.50. The molecule has 4 aromatic rings. The molecule has 0 radical (unpaired) electrons. The molecular weight excluding hydrogens is 394 g/mol. The van der Waals surface area contributed by atoms with Gasteiger partial charge in [-0.3, -0.25) is 25.8 Å². The average molecular weight is 413 g/mol. The summed E-state index contributed by atoms with van der Waals surface area (Å²) < 4.78 is 1.85. The molecule has 0 saturated heterocycles. The molecule has 0 fully saturated rings. The Bertz CT molecular complexity index is 1220. The van der Waals surface area contributed by atoms with Crippen LogP contribution >= 0.6 is 0 Å². The maximum absolute atomic E-state index is 12.4. The van der Waals surface area contributed by atoms with E-state index in [1.54, 1.807) is 12.1 Å². The monoisotopic (exact) mass is 413 g/mol. The van der Waals surface area contributed by atoms with Crippen molar-refractivity contribution < 1.29 is 9.72 Å². The molecule has 1 heterocycles. The lowest BCUT2D eigenvalue weighted by molar-refractivity contribution is -0.384. The Morgan fingerprint density at radius 1 is 0.968 bits per heavy atom. The number of amides is 1. The van der Waals surface area contributed by atoms with Gasteiger partial charge in [0, 0.05) is 23.3 Å². The van der Waals surface area contributed by atoms with Gasteiger partial charge >= 0.3 is 0 Å². The number of hydrogen-bond donors (Lipinski definition) is 2. The number of rotatable bonds is 6. The van der Waals surface area contributed by atoms with Crippen LogP contribution in [-0.4, -0.2) is 20.6 Å². The fourth-order valence-corrected chi connectivity index (χ4v) is 3.13. The summed E-state index contributed by atoms with van der Waals surface area (Å²) in [5.41, 5.74) is 10.1. The first-order valence-corrected chi connectivity index (χ1v) is 9.54. The fraction of sp³-hybridized carbons (Fsp3) is 0.0435. The van der Waals surface area contributed by atoms with Crippen LogP contribution in [0.15, 0.2) is 84.9 Å². The molecule has 0 saturated carbocycles. The van der Waals surface area contributed by atoms with Gasteiger partial charge in [-0.25, -0.2) is 4.68 Å². The van der Waals surface area contributed by atoms with Gasteiger partial charge in [0.25, 0.3) is 11.6 Å². The Hall–Kier alpha value is -4.46. The molecule has 4 rings (SSSR count). The minimum absolute atomic E-state index is 0.0174. The van der Waals surface area contributed by atoms with E-state index in [1.165, 1.54) is 24.3 Å². The summed E-state index contributed by atoms with van der Waals surface area (Å²) >= 11 is 0. The van der Waals surface area contributed by atoms with E-state index < -0.39 is 4.92 Å². The van der Waals surface area contributed by atoms with E-state index in [2.05, 4.69) is 16.0 Å².